The fraction of sp³-hybridized carbons (Fsp3) is 0.345. The molecular weight excluding hydrogens is 591 g/mol. The number of carbonyl (C=O) groups excluding carboxylic acids is 1. The highest BCUT2D eigenvalue weighted by Gasteiger charge is 2.34. The minimum absolute atomic E-state index is 0.0301. The summed E-state index contributed by atoms with van der Waals surface area (Å²) in [7, 11) is 0. The van der Waals surface area contributed by atoms with Crippen LogP contribution in [0.2, 0.25) is 5.02 Å². The first-order valence-electron chi connectivity index (χ1n) is 13.6. The van der Waals surface area contributed by atoms with Crippen LogP contribution >= 0.6 is 11.6 Å². The first-order valence-corrected chi connectivity index (χ1v) is 14.0. The van der Waals surface area contributed by atoms with Crippen molar-refractivity contribution in [2.75, 3.05) is 39.8 Å². The zero-order chi connectivity index (χ0) is 29.7. The van der Waals surface area contributed by atoms with E-state index in [0.717, 1.165) is 50.6 Å². The SMILES string of the molecule is O=C(N1CCN(C(c2ccc3c(c2)COCO3)c2ccc3c(c2)COCO3)CC1)n1nnc2c(Cl)cc(C(F)(F)F)cc21. The number of piperazine rings is 1. The number of carbonyl (C=O) groups is 1. The molecule has 0 spiro atoms. The van der Waals surface area contributed by atoms with E-state index < -0.39 is 17.8 Å². The molecule has 4 heterocycles. The van der Waals surface area contributed by atoms with Crippen LogP contribution in [-0.4, -0.2) is 70.6 Å². The maximum Gasteiger partial charge on any atom is 0.416 e. The third-order valence-electron chi connectivity index (χ3n) is 7.88. The Balaban J connectivity index is 1.16. The lowest BCUT2D eigenvalue weighted by molar-refractivity contribution is -0.137. The van der Waals surface area contributed by atoms with Crippen molar-refractivity contribution in [3.8, 4) is 11.5 Å². The van der Waals surface area contributed by atoms with Gasteiger partial charge in [0.15, 0.2) is 13.6 Å². The molecule has 7 rings (SSSR count). The van der Waals surface area contributed by atoms with Gasteiger partial charge in [-0.15, -0.1) is 5.10 Å². The molecule has 0 aliphatic carbocycles. The Hall–Kier alpha value is -3.91. The predicted octanol–water partition coefficient (Wildman–Crippen LogP) is 5.21. The second kappa shape index (κ2) is 11.0. The van der Waals surface area contributed by atoms with Gasteiger partial charge < -0.3 is 23.8 Å². The van der Waals surface area contributed by atoms with E-state index >= 15 is 0 Å². The molecule has 0 saturated carbocycles. The number of fused-ring (bicyclic) bond motifs is 3. The standard InChI is InChI=1S/C29H25ClF3N5O5/c30-22-11-21(29(31,32)33)12-23-26(22)34-35-38(23)28(39)37-7-5-36(6-8-37)27(17-1-3-24-19(9-17)13-40-15-42-24)18-2-4-25-20(10-18)14-41-16-43-25/h1-4,9-12,27H,5-8,13-16H2. The highest BCUT2D eigenvalue weighted by molar-refractivity contribution is 6.35. The summed E-state index contributed by atoms with van der Waals surface area (Å²) in [6.07, 6.45) is -4.64. The van der Waals surface area contributed by atoms with E-state index in [9.17, 15) is 18.0 Å². The summed E-state index contributed by atoms with van der Waals surface area (Å²) >= 11 is 6.05. The molecular formula is C29H25ClF3N5O5. The molecule has 1 fully saturated rings. The van der Waals surface area contributed by atoms with Crippen LogP contribution in [0.25, 0.3) is 11.0 Å². The molecule has 43 heavy (non-hydrogen) atoms. The highest BCUT2D eigenvalue weighted by Crippen LogP contribution is 2.37. The summed E-state index contributed by atoms with van der Waals surface area (Å²) in [5.74, 6) is 1.57. The van der Waals surface area contributed by atoms with Crippen molar-refractivity contribution in [1.29, 1.82) is 0 Å². The van der Waals surface area contributed by atoms with E-state index in [4.69, 9.17) is 30.5 Å². The maximum absolute atomic E-state index is 13.5. The van der Waals surface area contributed by atoms with Crippen LogP contribution in [0.15, 0.2) is 48.5 Å². The number of benzene rings is 3. The van der Waals surface area contributed by atoms with Gasteiger partial charge in [0.2, 0.25) is 0 Å². The van der Waals surface area contributed by atoms with Gasteiger partial charge in [0.1, 0.15) is 22.5 Å². The van der Waals surface area contributed by atoms with Crippen LogP contribution in [0.3, 0.4) is 0 Å². The van der Waals surface area contributed by atoms with E-state index in [0.29, 0.717) is 39.4 Å². The number of aromatic nitrogens is 3. The first kappa shape index (κ1) is 27.9. The monoisotopic (exact) mass is 615 g/mol. The van der Waals surface area contributed by atoms with Gasteiger partial charge in [-0.05, 0) is 47.5 Å². The average molecular weight is 616 g/mol. The van der Waals surface area contributed by atoms with Gasteiger partial charge >= 0.3 is 12.2 Å². The lowest BCUT2D eigenvalue weighted by atomic mass is 9.93. The quantitative estimate of drug-likeness (QED) is 0.310. The number of amides is 1. The number of halogens is 4. The van der Waals surface area contributed by atoms with E-state index in [2.05, 4.69) is 27.3 Å². The minimum atomic E-state index is -4.64. The van der Waals surface area contributed by atoms with Gasteiger partial charge in [-0.2, -0.15) is 17.9 Å². The largest absolute Gasteiger partial charge is 0.467 e. The molecule has 3 aliphatic heterocycles. The Morgan fingerprint density at radius 1 is 0.860 bits per heavy atom. The number of rotatable bonds is 3. The summed E-state index contributed by atoms with van der Waals surface area (Å²) < 4.78 is 63.4. The van der Waals surface area contributed by atoms with Crippen LogP contribution < -0.4 is 9.47 Å². The van der Waals surface area contributed by atoms with Crippen molar-refractivity contribution in [1.82, 2.24) is 24.8 Å². The lowest BCUT2D eigenvalue weighted by Gasteiger charge is -2.40. The molecule has 0 bridgehead atoms. The van der Waals surface area contributed by atoms with E-state index in [1.165, 1.54) is 0 Å². The van der Waals surface area contributed by atoms with Crippen molar-refractivity contribution in [3.63, 3.8) is 0 Å². The minimum Gasteiger partial charge on any atom is -0.467 e. The molecule has 1 aromatic heterocycles. The van der Waals surface area contributed by atoms with Gasteiger partial charge in [-0.25, -0.2) is 4.79 Å². The van der Waals surface area contributed by atoms with Crippen LogP contribution in [0.5, 0.6) is 11.5 Å². The summed E-state index contributed by atoms with van der Waals surface area (Å²) in [5, 5.41) is 7.49. The topological polar surface area (TPSA) is 91.2 Å². The van der Waals surface area contributed by atoms with Crippen molar-refractivity contribution in [3.05, 3.63) is 81.4 Å². The molecule has 10 nitrogen and oxygen atoms in total. The molecule has 1 amide bonds. The molecule has 0 N–H and O–H groups in total. The molecule has 0 atom stereocenters. The van der Waals surface area contributed by atoms with E-state index in [1.807, 2.05) is 24.3 Å². The molecule has 0 unspecified atom stereocenters. The van der Waals surface area contributed by atoms with Crippen LogP contribution in [0, 0.1) is 0 Å². The van der Waals surface area contributed by atoms with Gasteiger partial charge in [0.05, 0.1) is 29.8 Å². The van der Waals surface area contributed by atoms with Crippen molar-refractivity contribution >= 4 is 28.7 Å². The molecule has 4 aromatic rings. The van der Waals surface area contributed by atoms with Gasteiger partial charge in [0, 0.05) is 37.3 Å². The second-order valence-electron chi connectivity index (χ2n) is 10.5. The molecule has 224 valence electrons. The Bertz CT molecular complexity index is 1650. The highest BCUT2D eigenvalue weighted by atomic mass is 35.5. The Morgan fingerprint density at radius 2 is 1.47 bits per heavy atom. The number of ether oxygens (including phenoxy) is 4. The second-order valence-corrected chi connectivity index (χ2v) is 10.9. The van der Waals surface area contributed by atoms with E-state index in [1.54, 1.807) is 4.90 Å². The molecule has 1 saturated heterocycles. The van der Waals surface area contributed by atoms with Crippen LogP contribution in [0.1, 0.15) is 33.9 Å². The van der Waals surface area contributed by atoms with Crippen molar-refractivity contribution in [2.45, 2.75) is 25.4 Å². The van der Waals surface area contributed by atoms with Gasteiger partial charge in [-0.3, -0.25) is 4.90 Å². The van der Waals surface area contributed by atoms with Crippen molar-refractivity contribution in [2.24, 2.45) is 0 Å². The zero-order valence-corrected chi connectivity index (χ0v) is 23.4. The third-order valence-corrected chi connectivity index (χ3v) is 8.16. The molecule has 3 aromatic carbocycles. The molecule has 14 heteroatoms. The molecule has 3 aliphatic rings. The molecule has 0 radical (unpaired) electrons. The summed E-state index contributed by atoms with van der Waals surface area (Å²) in [6.45, 7) is 2.92. The fourth-order valence-electron chi connectivity index (χ4n) is 5.77. The maximum atomic E-state index is 13.5. The number of hydrogen-bond donors (Lipinski definition) is 0. The summed E-state index contributed by atoms with van der Waals surface area (Å²) in [5.41, 5.74) is 2.91. The van der Waals surface area contributed by atoms with Crippen LogP contribution in [0.4, 0.5) is 18.0 Å². The number of nitrogens with zero attached hydrogens (tertiary/aromatic N) is 5. The van der Waals surface area contributed by atoms with Crippen LogP contribution in [-0.2, 0) is 28.9 Å². The normalized spacial score (nSPS) is 17.4. The fourth-order valence-corrected chi connectivity index (χ4v) is 6.02. The number of hydrogen-bond acceptors (Lipinski definition) is 8. The lowest BCUT2D eigenvalue weighted by Crippen LogP contribution is -2.51. The average Bonchev–Trinajstić information content (AvgIpc) is 3.45. The van der Waals surface area contributed by atoms with Gasteiger partial charge in [-0.1, -0.05) is 28.9 Å². The summed E-state index contributed by atoms with van der Waals surface area (Å²) in [4.78, 5) is 17.3. The Kier molecular flexibility index (Phi) is 7.12. The van der Waals surface area contributed by atoms with Crippen molar-refractivity contribution < 1.29 is 36.9 Å². The van der Waals surface area contributed by atoms with Gasteiger partial charge in [0.25, 0.3) is 0 Å². The Labute approximate surface area is 248 Å². The first-order chi connectivity index (χ1) is 20.8. The summed E-state index contributed by atoms with van der Waals surface area (Å²) in [6, 6.07) is 13.0. The number of alkyl halides is 3. The zero-order valence-electron chi connectivity index (χ0n) is 22.6. The third kappa shape index (κ3) is 5.26. The predicted molar refractivity (Wildman–Crippen MR) is 147 cm³/mol. The smallest absolute Gasteiger partial charge is 0.416 e. The Morgan fingerprint density at radius 3 is 2.05 bits per heavy atom. The van der Waals surface area contributed by atoms with E-state index in [-0.39, 0.29) is 35.7 Å².